The Labute approximate surface area is 121 Å². The molecule has 0 unspecified atom stereocenters. The first-order valence-electron chi connectivity index (χ1n) is 7.61. The summed E-state index contributed by atoms with van der Waals surface area (Å²) in [4.78, 5) is 8.51. The molecule has 1 fully saturated rings. The summed E-state index contributed by atoms with van der Waals surface area (Å²) in [5.74, 6) is 0.796. The Hall–Kier alpha value is -0.610. The first kappa shape index (κ1) is 14.8. The molecule has 1 aromatic rings. The van der Waals surface area contributed by atoms with Crippen LogP contribution in [-0.2, 0) is 6.54 Å². The van der Waals surface area contributed by atoms with E-state index in [1.54, 1.807) is 0 Å². The summed E-state index contributed by atoms with van der Waals surface area (Å²) in [6, 6.07) is 0.841. The molecule has 0 amide bonds. The Bertz CT molecular complexity index is 371. The monoisotopic (exact) mass is 281 g/mol. The molecule has 4 heteroatoms. The van der Waals surface area contributed by atoms with E-state index in [0.29, 0.717) is 0 Å². The molecule has 1 aliphatic carbocycles. The lowest BCUT2D eigenvalue weighted by Crippen LogP contribution is -2.27. The van der Waals surface area contributed by atoms with Gasteiger partial charge < -0.3 is 5.32 Å². The fourth-order valence-electron chi connectivity index (χ4n) is 2.15. The van der Waals surface area contributed by atoms with Crippen LogP contribution >= 0.6 is 11.3 Å². The van der Waals surface area contributed by atoms with Crippen molar-refractivity contribution < 1.29 is 0 Å². The van der Waals surface area contributed by atoms with Crippen LogP contribution < -0.4 is 5.32 Å². The van der Waals surface area contributed by atoms with Crippen LogP contribution in [0.2, 0.25) is 0 Å². The van der Waals surface area contributed by atoms with Crippen molar-refractivity contribution in [1.29, 1.82) is 0 Å². The smallest absolute Gasteiger partial charge is 0.182 e. The first-order chi connectivity index (χ1) is 9.19. The molecule has 1 aliphatic rings. The summed E-state index contributed by atoms with van der Waals surface area (Å²) < 4.78 is 0. The van der Waals surface area contributed by atoms with Gasteiger partial charge in [-0.3, -0.25) is 4.90 Å². The number of aromatic nitrogens is 1. The van der Waals surface area contributed by atoms with Gasteiger partial charge in [0.1, 0.15) is 0 Å². The maximum absolute atomic E-state index is 4.46. The van der Waals surface area contributed by atoms with E-state index in [1.807, 2.05) is 17.5 Å². The fraction of sp³-hybridized carbons (Fsp3) is 0.800. The average Bonchev–Trinajstić information content (AvgIpc) is 3.13. The summed E-state index contributed by atoms with van der Waals surface area (Å²) >= 11 is 1.82. The van der Waals surface area contributed by atoms with Gasteiger partial charge in [0.15, 0.2) is 5.13 Å². The molecule has 1 heterocycles. The highest BCUT2D eigenvalue weighted by atomic mass is 32.1. The highest BCUT2D eigenvalue weighted by Crippen LogP contribution is 2.30. The molecule has 1 aromatic heterocycles. The molecule has 1 saturated carbocycles. The summed E-state index contributed by atoms with van der Waals surface area (Å²) in [5.41, 5.74) is 0. The number of hydrogen-bond acceptors (Lipinski definition) is 4. The first-order valence-corrected chi connectivity index (χ1v) is 8.43. The van der Waals surface area contributed by atoms with Crippen molar-refractivity contribution in [1.82, 2.24) is 9.88 Å². The summed E-state index contributed by atoms with van der Waals surface area (Å²) in [5, 5.41) is 4.45. The lowest BCUT2D eigenvalue weighted by atomic mass is 10.1. The number of rotatable bonds is 9. The Morgan fingerprint density at radius 2 is 2.26 bits per heavy atom. The SMILES string of the molecule is CCCNc1ncc(CN(CCC(C)C)C2CC2)s1. The van der Waals surface area contributed by atoms with Gasteiger partial charge in [-0.15, -0.1) is 11.3 Å². The van der Waals surface area contributed by atoms with Crippen molar-refractivity contribution >= 4 is 16.5 Å². The van der Waals surface area contributed by atoms with Gasteiger partial charge >= 0.3 is 0 Å². The number of anilines is 1. The molecule has 0 aliphatic heterocycles. The van der Waals surface area contributed by atoms with E-state index in [2.05, 4.69) is 36.0 Å². The summed E-state index contributed by atoms with van der Waals surface area (Å²) in [6.07, 6.45) is 7.27. The largest absolute Gasteiger partial charge is 0.362 e. The fourth-order valence-corrected chi connectivity index (χ4v) is 3.01. The number of nitrogens with one attached hydrogen (secondary N) is 1. The van der Waals surface area contributed by atoms with Crippen molar-refractivity contribution in [2.75, 3.05) is 18.4 Å². The van der Waals surface area contributed by atoms with E-state index in [0.717, 1.165) is 36.6 Å². The van der Waals surface area contributed by atoms with Crippen molar-refractivity contribution in [3.05, 3.63) is 11.1 Å². The zero-order valence-electron chi connectivity index (χ0n) is 12.5. The van der Waals surface area contributed by atoms with Crippen LogP contribution in [0.15, 0.2) is 6.20 Å². The van der Waals surface area contributed by atoms with Crippen LogP contribution in [0.25, 0.3) is 0 Å². The van der Waals surface area contributed by atoms with Crippen LogP contribution in [0.1, 0.15) is 51.3 Å². The van der Waals surface area contributed by atoms with Crippen molar-refractivity contribution in [2.24, 2.45) is 5.92 Å². The Balaban J connectivity index is 1.84. The normalized spacial score (nSPS) is 15.4. The number of thiazole rings is 1. The standard InChI is InChI=1S/C15H27N3S/c1-4-8-16-15-17-10-14(19-15)11-18(13-5-6-13)9-7-12(2)3/h10,12-13H,4-9,11H2,1-3H3,(H,16,17). The minimum atomic E-state index is 0.796. The molecule has 0 radical (unpaired) electrons. The minimum Gasteiger partial charge on any atom is -0.362 e. The molecule has 0 atom stereocenters. The molecule has 2 rings (SSSR count). The van der Waals surface area contributed by atoms with Gasteiger partial charge in [0, 0.05) is 30.2 Å². The van der Waals surface area contributed by atoms with Crippen LogP contribution in [-0.4, -0.2) is 29.0 Å². The number of hydrogen-bond donors (Lipinski definition) is 1. The molecular weight excluding hydrogens is 254 g/mol. The molecular formula is C15H27N3S. The van der Waals surface area contributed by atoms with E-state index in [4.69, 9.17) is 0 Å². The Morgan fingerprint density at radius 3 is 2.89 bits per heavy atom. The third kappa shape index (κ3) is 5.11. The zero-order chi connectivity index (χ0) is 13.7. The van der Waals surface area contributed by atoms with Crippen LogP contribution in [0.5, 0.6) is 0 Å². The molecule has 1 N–H and O–H groups in total. The van der Waals surface area contributed by atoms with E-state index in [9.17, 15) is 0 Å². The van der Waals surface area contributed by atoms with Crippen LogP contribution in [0.4, 0.5) is 5.13 Å². The highest BCUT2D eigenvalue weighted by molar-refractivity contribution is 7.15. The van der Waals surface area contributed by atoms with E-state index in [1.165, 1.54) is 30.7 Å². The van der Waals surface area contributed by atoms with Crippen LogP contribution in [0, 0.1) is 5.92 Å². The predicted molar refractivity (Wildman–Crippen MR) is 83.8 cm³/mol. The molecule has 108 valence electrons. The third-order valence-electron chi connectivity index (χ3n) is 3.50. The molecule has 0 spiro atoms. The van der Waals surface area contributed by atoms with Gasteiger partial charge in [-0.2, -0.15) is 0 Å². The van der Waals surface area contributed by atoms with Gasteiger partial charge in [0.05, 0.1) is 0 Å². The Kier molecular flexibility index (Phi) is 5.64. The predicted octanol–water partition coefficient (Wildman–Crippen LogP) is 3.98. The summed E-state index contributed by atoms with van der Waals surface area (Å²) in [7, 11) is 0. The Morgan fingerprint density at radius 1 is 1.47 bits per heavy atom. The molecule has 19 heavy (non-hydrogen) atoms. The van der Waals surface area contributed by atoms with Crippen LogP contribution in [0.3, 0.4) is 0 Å². The second-order valence-corrected chi connectivity index (χ2v) is 7.06. The molecule has 0 aromatic carbocycles. The highest BCUT2D eigenvalue weighted by Gasteiger charge is 2.29. The van der Waals surface area contributed by atoms with Gasteiger partial charge in [-0.05, 0) is 38.1 Å². The number of nitrogens with zero attached hydrogens (tertiary/aromatic N) is 2. The second-order valence-electron chi connectivity index (χ2n) is 5.94. The average molecular weight is 281 g/mol. The lowest BCUT2D eigenvalue weighted by molar-refractivity contribution is 0.241. The molecule has 0 bridgehead atoms. The van der Waals surface area contributed by atoms with Gasteiger partial charge in [0.2, 0.25) is 0 Å². The zero-order valence-corrected chi connectivity index (χ0v) is 13.3. The maximum Gasteiger partial charge on any atom is 0.182 e. The molecule has 3 nitrogen and oxygen atoms in total. The van der Waals surface area contributed by atoms with E-state index < -0.39 is 0 Å². The van der Waals surface area contributed by atoms with Gasteiger partial charge in [-0.25, -0.2) is 4.98 Å². The van der Waals surface area contributed by atoms with Crippen molar-refractivity contribution in [3.63, 3.8) is 0 Å². The molecule has 0 saturated heterocycles. The van der Waals surface area contributed by atoms with E-state index in [-0.39, 0.29) is 0 Å². The van der Waals surface area contributed by atoms with Gasteiger partial charge in [0.25, 0.3) is 0 Å². The quantitative estimate of drug-likeness (QED) is 0.742. The minimum absolute atomic E-state index is 0.796. The van der Waals surface area contributed by atoms with Gasteiger partial charge in [-0.1, -0.05) is 20.8 Å². The lowest BCUT2D eigenvalue weighted by Gasteiger charge is -2.21. The summed E-state index contributed by atoms with van der Waals surface area (Å²) in [6.45, 7) is 10.1. The topological polar surface area (TPSA) is 28.2 Å². The second kappa shape index (κ2) is 7.25. The maximum atomic E-state index is 4.46. The van der Waals surface area contributed by atoms with Crippen molar-refractivity contribution in [3.8, 4) is 0 Å². The third-order valence-corrected chi connectivity index (χ3v) is 4.44. The van der Waals surface area contributed by atoms with E-state index >= 15 is 0 Å². The van der Waals surface area contributed by atoms with Crippen molar-refractivity contribution in [2.45, 2.75) is 59.0 Å².